The minimum absolute atomic E-state index is 0.0445. The average molecular weight is 341 g/mol. The number of methoxy groups -OCH3 is 1. The number of hydrogen-bond acceptors (Lipinski definition) is 3. The number of nitrogens with zero attached hydrogens (tertiary/aromatic N) is 1. The second-order valence-electron chi connectivity index (χ2n) is 6.13. The summed E-state index contributed by atoms with van der Waals surface area (Å²) in [4.78, 5) is 2.52. The van der Waals surface area contributed by atoms with Gasteiger partial charge in [-0.2, -0.15) is 0 Å². The lowest BCUT2D eigenvalue weighted by Gasteiger charge is -2.40. The molecule has 112 valence electrons. The van der Waals surface area contributed by atoms with Crippen molar-refractivity contribution in [2.75, 3.05) is 20.2 Å². The topological polar surface area (TPSA) is 38.5 Å². The molecule has 0 amide bonds. The molecule has 0 aromatic heterocycles. The summed E-state index contributed by atoms with van der Waals surface area (Å²) in [5, 5.41) is 0. The number of ether oxygens (including phenoxy) is 1. The van der Waals surface area contributed by atoms with Gasteiger partial charge in [-0.1, -0.05) is 6.07 Å². The van der Waals surface area contributed by atoms with Gasteiger partial charge in [0, 0.05) is 11.6 Å². The number of nitrogens with two attached hydrogens (primary N) is 1. The second kappa shape index (κ2) is 6.46. The Bertz CT molecular complexity index is 456. The molecule has 1 aromatic carbocycles. The third-order valence-corrected chi connectivity index (χ3v) is 5.12. The second-order valence-corrected chi connectivity index (χ2v) is 6.98. The number of likely N-dealkylation sites (tertiary alicyclic amines) is 1. The molecule has 2 N–H and O–H groups in total. The molecule has 2 rings (SSSR count). The van der Waals surface area contributed by atoms with E-state index in [0.717, 1.165) is 16.6 Å². The number of halogens is 1. The summed E-state index contributed by atoms with van der Waals surface area (Å²) in [6.07, 6.45) is 3.47. The smallest absolute Gasteiger partial charge is 0.133 e. The van der Waals surface area contributed by atoms with E-state index >= 15 is 0 Å². The summed E-state index contributed by atoms with van der Waals surface area (Å²) in [5.74, 6) is 0.862. The third-order valence-electron chi connectivity index (χ3n) is 4.50. The summed E-state index contributed by atoms with van der Waals surface area (Å²) >= 11 is 3.54. The minimum Gasteiger partial charge on any atom is -0.496 e. The SMILES string of the molecule is COc1ccc(CC(N)C(C)(C)N2CCCC2)cc1Br. The lowest BCUT2D eigenvalue weighted by molar-refractivity contribution is 0.123. The van der Waals surface area contributed by atoms with Crippen LogP contribution in [0, 0.1) is 0 Å². The molecule has 1 atom stereocenters. The van der Waals surface area contributed by atoms with Gasteiger partial charge in [-0.15, -0.1) is 0 Å². The molecule has 0 saturated carbocycles. The Balaban J connectivity index is 2.06. The molecular formula is C16H25BrN2O. The Morgan fingerprint density at radius 3 is 2.55 bits per heavy atom. The Morgan fingerprint density at radius 1 is 1.35 bits per heavy atom. The highest BCUT2D eigenvalue weighted by molar-refractivity contribution is 9.10. The molecule has 0 spiro atoms. The molecule has 0 radical (unpaired) electrons. The first-order chi connectivity index (χ1) is 9.45. The van der Waals surface area contributed by atoms with Crippen molar-refractivity contribution in [2.24, 2.45) is 5.73 Å². The van der Waals surface area contributed by atoms with Crippen molar-refractivity contribution in [2.45, 2.75) is 44.7 Å². The molecule has 4 heteroatoms. The van der Waals surface area contributed by atoms with Crippen LogP contribution < -0.4 is 10.5 Å². The van der Waals surface area contributed by atoms with E-state index in [9.17, 15) is 0 Å². The van der Waals surface area contributed by atoms with Crippen molar-refractivity contribution in [3.63, 3.8) is 0 Å². The molecule has 20 heavy (non-hydrogen) atoms. The Kier molecular flexibility index (Phi) is 5.10. The van der Waals surface area contributed by atoms with E-state index in [1.54, 1.807) is 7.11 Å². The van der Waals surface area contributed by atoms with Crippen LogP contribution in [-0.4, -0.2) is 36.7 Å². The van der Waals surface area contributed by atoms with Gasteiger partial charge in [0.2, 0.25) is 0 Å². The normalized spacial score (nSPS) is 18.2. The van der Waals surface area contributed by atoms with E-state index in [0.29, 0.717) is 0 Å². The zero-order chi connectivity index (χ0) is 14.8. The fourth-order valence-corrected chi connectivity index (χ4v) is 3.46. The molecule has 1 heterocycles. The summed E-state index contributed by atoms with van der Waals surface area (Å²) in [6, 6.07) is 6.33. The first-order valence-corrected chi connectivity index (χ1v) is 8.07. The maximum atomic E-state index is 6.50. The van der Waals surface area contributed by atoms with Crippen molar-refractivity contribution >= 4 is 15.9 Å². The monoisotopic (exact) mass is 340 g/mol. The first-order valence-electron chi connectivity index (χ1n) is 7.28. The van der Waals surface area contributed by atoms with Crippen LogP contribution >= 0.6 is 15.9 Å². The van der Waals surface area contributed by atoms with Gasteiger partial charge >= 0.3 is 0 Å². The molecule has 1 aromatic rings. The number of hydrogen-bond donors (Lipinski definition) is 1. The highest BCUT2D eigenvalue weighted by Gasteiger charge is 2.34. The number of rotatable bonds is 5. The van der Waals surface area contributed by atoms with E-state index in [-0.39, 0.29) is 11.6 Å². The van der Waals surface area contributed by atoms with E-state index in [4.69, 9.17) is 10.5 Å². The zero-order valence-electron chi connectivity index (χ0n) is 12.7. The van der Waals surface area contributed by atoms with Crippen LogP contribution in [0.15, 0.2) is 22.7 Å². The molecule has 1 aliphatic rings. The molecule has 1 aliphatic heterocycles. The van der Waals surface area contributed by atoms with E-state index in [1.165, 1.54) is 31.5 Å². The summed E-state index contributed by atoms with van der Waals surface area (Å²) in [5.41, 5.74) is 7.79. The summed E-state index contributed by atoms with van der Waals surface area (Å²) in [6.45, 7) is 6.88. The van der Waals surface area contributed by atoms with Gasteiger partial charge in [0.1, 0.15) is 5.75 Å². The lowest BCUT2D eigenvalue weighted by atomic mass is 9.88. The molecule has 1 fully saturated rings. The molecule has 0 aliphatic carbocycles. The van der Waals surface area contributed by atoms with Crippen LogP contribution in [0.4, 0.5) is 0 Å². The van der Waals surface area contributed by atoms with Gasteiger partial charge in [-0.3, -0.25) is 4.90 Å². The quantitative estimate of drug-likeness (QED) is 0.894. The average Bonchev–Trinajstić information content (AvgIpc) is 2.93. The number of benzene rings is 1. The van der Waals surface area contributed by atoms with Crippen LogP contribution in [0.1, 0.15) is 32.3 Å². The Hall–Kier alpha value is -0.580. The summed E-state index contributed by atoms with van der Waals surface area (Å²) in [7, 11) is 1.68. The maximum Gasteiger partial charge on any atom is 0.133 e. The largest absolute Gasteiger partial charge is 0.496 e. The standard InChI is InChI=1S/C16H25BrN2O/c1-16(2,19-8-4-5-9-19)15(18)11-12-6-7-14(20-3)13(17)10-12/h6-7,10,15H,4-5,8-9,11,18H2,1-3H3. The zero-order valence-corrected chi connectivity index (χ0v) is 14.2. The van der Waals surface area contributed by atoms with E-state index in [2.05, 4.69) is 46.8 Å². The van der Waals surface area contributed by atoms with Crippen LogP contribution in [0.25, 0.3) is 0 Å². The summed E-state index contributed by atoms with van der Waals surface area (Å²) < 4.78 is 6.26. The van der Waals surface area contributed by atoms with Crippen LogP contribution in [0.5, 0.6) is 5.75 Å². The molecule has 0 bridgehead atoms. The highest BCUT2D eigenvalue weighted by atomic mass is 79.9. The maximum absolute atomic E-state index is 6.50. The minimum atomic E-state index is 0.0445. The highest BCUT2D eigenvalue weighted by Crippen LogP contribution is 2.28. The lowest BCUT2D eigenvalue weighted by Crippen LogP contribution is -2.55. The van der Waals surface area contributed by atoms with Crippen molar-refractivity contribution in [1.82, 2.24) is 4.90 Å². The van der Waals surface area contributed by atoms with Gasteiger partial charge in [0.05, 0.1) is 11.6 Å². The van der Waals surface area contributed by atoms with E-state index in [1.807, 2.05) is 6.07 Å². The molecule has 3 nitrogen and oxygen atoms in total. The third kappa shape index (κ3) is 3.35. The first kappa shape index (κ1) is 15.8. The fraction of sp³-hybridized carbons (Fsp3) is 0.625. The van der Waals surface area contributed by atoms with Gasteiger partial charge in [0.25, 0.3) is 0 Å². The predicted octanol–water partition coefficient (Wildman–Crippen LogP) is 3.20. The van der Waals surface area contributed by atoms with Crippen molar-refractivity contribution in [3.05, 3.63) is 28.2 Å². The van der Waals surface area contributed by atoms with Gasteiger partial charge in [0.15, 0.2) is 0 Å². The van der Waals surface area contributed by atoms with Gasteiger partial charge in [-0.05, 0) is 79.8 Å². The molecule has 1 unspecified atom stereocenters. The van der Waals surface area contributed by atoms with E-state index < -0.39 is 0 Å². The molecule has 1 saturated heterocycles. The Morgan fingerprint density at radius 2 is 2.00 bits per heavy atom. The van der Waals surface area contributed by atoms with Crippen LogP contribution in [0.2, 0.25) is 0 Å². The van der Waals surface area contributed by atoms with Crippen molar-refractivity contribution in [1.29, 1.82) is 0 Å². The van der Waals surface area contributed by atoms with Crippen molar-refractivity contribution in [3.8, 4) is 5.75 Å². The molecular weight excluding hydrogens is 316 g/mol. The van der Waals surface area contributed by atoms with Crippen molar-refractivity contribution < 1.29 is 4.74 Å². The fourth-order valence-electron chi connectivity index (χ4n) is 2.87. The van der Waals surface area contributed by atoms with Gasteiger partial charge < -0.3 is 10.5 Å². The van der Waals surface area contributed by atoms with Gasteiger partial charge in [-0.25, -0.2) is 0 Å². The van der Waals surface area contributed by atoms with Crippen LogP contribution in [0.3, 0.4) is 0 Å². The van der Waals surface area contributed by atoms with Crippen LogP contribution in [-0.2, 0) is 6.42 Å². The Labute approximate surface area is 130 Å². The predicted molar refractivity (Wildman–Crippen MR) is 87.3 cm³/mol.